The molecule has 0 saturated heterocycles. The highest BCUT2D eigenvalue weighted by atomic mass is 79.9. The number of aromatic amines is 1. The minimum Gasteiger partial charge on any atom is -0.382 e. The van der Waals surface area contributed by atoms with Gasteiger partial charge in [-0.25, -0.2) is 0 Å². The van der Waals surface area contributed by atoms with Crippen molar-refractivity contribution in [2.45, 2.75) is 6.54 Å². The van der Waals surface area contributed by atoms with Crippen molar-refractivity contribution in [3.63, 3.8) is 0 Å². The molecule has 17 heavy (non-hydrogen) atoms. The van der Waals surface area contributed by atoms with E-state index in [1.807, 2.05) is 24.3 Å². The Morgan fingerprint density at radius 2 is 2.29 bits per heavy atom. The van der Waals surface area contributed by atoms with Crippen LogP contribution < -0.4 is 11.1 Å². The number of halogens is 1. The van der Waals surface area contributed by atoms with Gasteiger partial charge in [-0.2, -0.15) is 5.10 Å². The Hall–Kier alpha value is -1.82. The number of hydrogen-bond acceptors (Lipinski definition) is 3. The highest BCUT2D eigenvalue weighted by molar-refractivity contribution is 9.10. The number of rotatable bonds is 3. The third-order valence-electron chi connectivity index (χ3n) is 2.18. The van der Waals surface area contributed by atoms with Crippen molar-refractivity contribution in [3.05, 3.63) is 46.1 Å². The fraction of sp³-hybridized carbons (Fsp3) is 0.0909. The maximum absolute atomic E-state index is 11.7. The van der Waals surface area contributed by atoms with Gasteiger partial charge in [-0.15, -0.1) is 0 Å². The smallest absolute Gasteiger partial charge is 0.269 e. The van der Waals surface area contributed by atoms with Crippen molar-refractivity contribution in [1.82, 2.24) is 15.5 Å². The average molecular weight is 295 g/mol. The molecule has 2 rings (SSSR count). The van der Waals surface area contributed by atoms with Gasteiger partial charge in [0, 0.05) is 17.1 Å². The number of aromatic nitrogens is 2. The number of amides is 1. The quantitative estimate of drug-likeness (QED) is 0.805. The van der Waals surface area contributed by atoms with Gasteiger partial charge < -0.3 is 11.1 Å². The molecule has 1 amide bonds. The summed E-state index contributed by atoms with van der Waals surface area (Å²) in [5.41, 5.74) is 6.79. The van der Waals surface area contributed by atoms with Crippen LogP contribution in [0.3, 0.4) is 0 Å². The minimum absolute atomic E-state index is 0.228. The SMILES string of the molecule is Nc1cc(C(=O)NCc2cccc(Br)c2)[nH]n1. The highest BCUT2D eigenvalue weighted by Gasteiger charge is 2.07. The van der Waals surface area contributed by atoms with Crippen molar-refractivity contribution in [3.8, 4) is 0 Å². The number of benzene rings is 1. The summed E-state index contributed by atoms with van der Waals surface area (Å²) in [7, 11) is 0. The van der Waals surface area contributed by atoms with Crippen LogP contribution >= 0.6 is 15.9 Å². The van der Waals surface area contributed by atoms with E-state index in [0.717, 1.165) is 10.0 Å². The molecule has 0 aliphatic carbocycles. The van der Waals surface area contributed by atoms with Gasteiger partial charge >= 0.3 is 0 Å². The molecular weight excluding hydrogens is 284 g/mol. The topological polar surface area (TPSA) is 83.8 Å². The largest absolute Gasteiger partial charge is 0.382 e. The van der Waals surface area contributed by atoms with Gasteiger partial charge in [0.05, 0.1) is 0 Å². The molecule has 0 spiro atoms. The maximum atomic E-state index is 11.7. The van der Waals surface area contributed by atoms with Crippen molar-refractivity contribution < 1.29 is 4.79 Å². The monoisotopic (exact) mass is 294 g/mol. The molecule has 1 heterocycles. The van der Waals surface area contributed by atoms with Gasteiger partial charge in [0.2, 0.25) is 0 Å². The zero-order chi connectivity index (χ0) is 12.3. The molecule has 0 atom stereocenters. The summed E-state index contributed by atoms with van der Waals surface area (Å²) < 4.78 is 0.982. The molecule has 0 aliphatic rings. The van der Waals surface area contributed by atoms with Crippen LogP contribution in [0.2, 0.25) is 0 Å². The molecule has 0 radical (unpaired) electrons. The van der Waals surface area contributed by atoms with E-state index in [0.29, 0.717) is 18.1 Å². The second-order valence-electron chi connectivity index (χ2n) is 3.52. The van der Waals surface area contributed by atoms with Crippen LogP contribution in [0.1, 0.15) is 16.1 Å². The minimum atomic E-state index is -0.228. The first-order chi connectivity index (χ1) is 8.15. The first kappa shape index (κ1) is 11.7. The summed E-state index contributed by atoms with van der Waals surface area (Å²) in [5, 5.41) is 9.02. The van der Waals surface area contributed by atoms with E-state index in [9.17, 15) is 4.79 Å². The fourth-order valence-corrected chi connectivity index (χ4v) is 1.82. The second kappa shape index (κ2) is 5.01. The Balaban J connectivity index is 1.97. The Morgan fingerprint density at radius 3 is 2.94 bits per heavy atom. The molecule has 6 heteroatoms. The standard InChI is InChI=1S/C11H11BrN4O/c12-8-3-1-2-7(4-8)6-14-11(17)9-5-10(13)16-15-9/h1-5H,6H2,(H,14,17)(H3,13,15,16). The number of nitrogen functional groups attached to an aromatic ring is 1. The molecule has 1 aromatic carbocycles. The average Bonchev–Trinajstić information content (AvgIpc) is 2.73. The molecule has 0 saturated carbocycles. The van der Waals surface area contributed by atoms with Crippen LogP contribution in [0.5, 0.6) is 0 Å². The lowest BCUT2D eigenvalue weighted by atomic mass is 10.2. The molecule has 1 aromatic heterocycles. The molecule has 4 N–H and O–H groups in total. The summed E-state index contributed by atoms with van der Waals surface area (Å²) in [4.78, 5) is 11.7. The normalized spacial score (nSPS) is 10.2. The summed E-state index contributed by atoms with van der Waals surface area (Å²) in [6.45, 7) is 0.456. The number of nitrogens with two attached hydrogens (primary N) is 1. The first-order valence-electron chi connectivity index (χ1n) is 4.98. The van der Waals surface area contributed by atoms with E-state index in [1.54, 1.807) is 0 Å². The molecule has 0 unspecified atom stereocenters. The van der Waals surface area contributed by atoms with Gasteiger partial charge in [0.25, 0.3) is 5.91 Å². The van der Waals surface area contributed by atoms with Crippen molar-refractivity contribution in [1.29, 1.82) is 0 Å². The first-order valence-corrected chi connectivity index (χ1v) is 5.78. The van der Waals surface area contributed by atoms with E-state index in [2.05, 4.69) is 31.4 Å². The van der Waals surface area contributed by atoms with E-state index in [4.69, 9.17) is 5.73 Å². The van der Waals surface area contributed by atoms with Crippen LogP contribution in [0.15, 0.2) is 34.8 Å². The summed E-state index contributed by atoms with van der Waals surface area (Å²) in [6, 6.07) is 9.23. The van der Waals surface area contributed by atoms with Gasteiger partial charge in [-0.05, 0) is 17.7 Å². The van der Waals surface area contributed by atoms with E-state index < -0.39 is 0 Å². The zero-order valence-corrected chi connectivity index (χ0v) is 10.5. The Kier molecular flexibility index (Phi) is 3.43. The molecule has 5 nitrogen and oxygen atoms in total. The number of carbonyl (C=O) groups excluding carboxylic acids is 1. The van der Waals surface area contributed by atoms with Gasteiger partial charge in [-0.1, -0.05) is 28.1 Å². The van der Waals surface area contributed by atoms with Crippen LogP contribution in [-0.2, 0) is 6.54 Å². The fourth-order valence-electron chi connectivity index (χ4n) is 1.38. The highest BCUT2D eigenvalue weighted by Crippen LogP contribution is 2.11. The van der Waals surface area contributed by atoms with Crippen LogP contribution in [0.25, 0.3) is 0 Å². The number of hydrogen-bond donors (Lipinski definition) is 3. The number of anilines is 1. The zero-order valence-electron chi connectivity index (χ0n) is 8.90. The lowest BCUT2D eigenvalue weighted by Gasteiger charge is -2.03. The Morgan fingerprint density at radius 1 is 1.47 bits per heavy atom. The maximum Gasteiger partial charge on any atom is 0.269 e. The van der Waals surface area contributed by atoms with Crippen molar-refractivity contribution >= 4 is 27.7 Å². The summed E-state index contributed by atoms with van der Waals surface area (Å²) in [5.74, 6) is 0.0757. The van der Waals surface area contributed by atoms with Crippen LogP contribution in [0.4, 0.5) is 5.82 Å². The summed E-state index contributed by atoms with van der Waals surface area (Å²) in [6.07, 6.45) is 0. The second-order valence-corrected chi connectivity index (χ2v) is 4.43. The third kappa shape index (κ3) is 3.07. The van der Waals surface area contributed by atoms with Gasteiger partial charge in [0.15, 0.2) is 0 Å². The predicted molar refractivity (Wildman–Crippen MR) is 68.3 cm³/mol. The van der Waals surface area contributed by atoms with Crippen molar-refractivity contribution in [2.75, 3.05) is 5.73 Å². The molecular formula is C11H11BrN4O. The lowest BCUT2D eigenvalue weighted by Crippen LogP contribution is -2.23. The van der Waals surface area contributed by atoms with Gasteiger partial charge in [-0.3, -0.25) is 9.89 Å². The molecule has 0 fully saturated rings. The van der Waals surface area contributed by atoms with Crippen molar-refractivity contribution in [2.24, 2.45) is 0 Å². The molecule has 0 bridgehead atoms. The van der Waals surface area contributed by atoms with Crippen LogP contribution in [-0.4, -0.2) is 16.1 Å². The Labute approximate surface area is 107 Å². The molecule has 2 aromatic rings. The third-order valence-corrected chi connectivity index (χ3v) is 2.68. The van der Waals surface area contributed by atoms with E-state index >= 15 is 0 Å². The van der Waals surface area contributed by atoms with E-state index in [1.165, 1.54) is 6.07 Å². The van der Waals surface area contributed by atoms with E-state index in [-0.39, 0.29) is 5.91 Å². The number of nitrogens with one attached hydrogen (secondary N) is 2. The lowest BCUT2D eigenvalue weighted by molar-refractivity contribution is 0.0946. The Bertz CT molecular complexity index is 538. The number of carbonyl (C=O) groups is 1. The molecule has 0 aliphatic heterocycles. The number of nitrogens with zero attached hydrogens (tertiary/aromatic N) is 1. The van der Waals surface area contributed by atoms with Gasteiger partial charge in [0.1, 0.15) is 11.5 Å². The summed E-state index contributed by atoms with van der Waals surface area (Å²) >= 11 is 3.37. The number of H-pyrrole nitrogens is 1. The van der Waals surface area contributed by atoms with Crippen LogP contribution in [0, 0.1) is 0 Å². The predicted octanol–water partition coefficient (Wildman–Crippen LogP) is 1.68. The molecule has 88 valence electrons.